The molecule has 9 heteroatoms. The Kier molecular flexibility index (Phi) is 6.83. The smallest absolute Gasteiger partial charge is 0.294 e. The summed E-state index contributed by atoms with van der Waals surface area (Å²) in [5.41, 5.74) is 3.50. The summed E-state index contributed by atoms with van der Waals surface area (Å²) in [5.74, 6) is 1.57. The lowest BCUT2D eigenvalue weighted by molar-refractivity contribution is 0.167. The van der Waals surface area contributed by atoms with Crippen molar-refractivity contribution in [1.29, 1.82) is 0 Å². The zero-order chi connectivity index (χ0) is 25.9. The Hall–Kier alpha value is -4.11. The summed E-state index contributed by atoms with van der Waals surface area (Å²) in [5, 5.41) is 10.9. The highest BCUT2D eigenvalue weighted by Gasteiger charge is 2.24. The maximum Gasteiger partial charge on any atom is 0.294 e. The molecule has 4 aromatic rings. The molecule has 196 valence electrons. The second-order valence-corrected chi connectivity index (χ2v) is 9.72. The van der Waals surface area contributed by atoms with E-state index in [9.17, 15) is 4.79 Å². The van der Waals surface area contributed by atoms with E-state index in [0.29, 0.717) is 30.5 Å². The van der Waals surface area contributed by atoms with Crippen LogP contribution in [-0.2, 0) is 6.42 Å². The minimum absolute atomic E-state index is 0.117. The van der Waals surface area contributed by atoms with Crippen molar-refractivity contribution in [3.8, 4) is 11.5 Å². The van der Waals surface area contributed by atoms with E-state index in [0.717, 1.165) is 54.9 Å². The molecule has 3 N–H and O–H groups in total. The molecule has 0 amide bonds. The maximum absolute atomic E-state index is 13.6. The molecule has 6 rings (SSSR count). The van der Waals surface area contributed by atoms with Gasteiger partial charge in [-0.2, -0.15) is 4.98 Å². The molecular weight excluding hydrogens is 480 g/mol. The number of hydrogen-bond donors (Lipinski definition) is 3. The van der Waals surface area contributed by atoms with Gasteiger partial charge in [-0.3, -0.25) is 9.36 Å². The zero-order valence-corrected chi connectivity index (χ0v) is 21.4. The van der Waals surface area contributed by atoms with Crippen molar-refractivity contribution in [3.63, 3.8) is 0 Å². The molecule has 4 heterocycles. The van der Waals surface area contributed by atoms with Gasteiger partial charge in [0.2, 0.25) is 5.95 Å². The summed E-state index contributed by atoms with van der Waals surface area (Å²) in [4.78, 5) is 22.9. The third kappa shape index (κ3) is 5.02. The Morgan fingerprint density at radius 2 is 2.00 bits per heavy atom. The van der Waals surface area contributed by atoms with Gasteiger partial charge < -0.3 is 25.4 Å². The van der Waals surface area contributed by atoms with E-state index in [2.05, 4.69) is 33.1 Å². The molecule has 0 bridgehead atoms. The lowest BCUT2D eigenvalue weighted by Gasteiger charge is -2.28. The number of pyridine rings is 1. The van der Waals surface area contributed by atoms with E-state index in [4.69, 9.17) is 14.5 Å². The van der Waals surface area contributed by atoms with Crippen LogP contribution in [0.2, 0.25) is 0 Å². The predicted octanol–water partition coefficient (Wildman–Crippen LogP) is 4.27. The van der Waals surface area contributed by atoms with Crippen LogP contribution in [0.4, 0.5) is 17.3 Å². The van der Waals surface area contributed by atoms with Gasteiger partial charge in [0, 0.05) is 36.0 Å². The molecule has 1 saturated heterocycles. The van der Waals surface area contributed by atoms with E-state index >= 15 is 0 Å². The fourth-order valence-electron chi connectivity index (χ4n) is 5.22. The van der Waals surface area contributed by atoms with Gasteiger partial charge in [-0.1, -0.05) is 18.2 Å². The number of hydrogen-bond acceptors (Lipinski definition) is 8. The number of rotatable bonds is 7. The Morgan fingerprint density at radius 3 is 2.82 bits per heavy atom. The van der Waals surface area contributed by atoms with Gasteiger partial charge in [-0.15, -0.1) is 0 Å². The number of anilines is 3. The number of nitrogens with one attached hydrogen (secondary N) is 3. The van der Waals surface area contributed by atoms with Crippen LogP contribution in [0.1, 0.15) is 31.4 Å². The summed E-state index contributed by atoms with van der Waals surface area (Å²) >= 11 is 0. The van der Waals surface area contributed by atoms with Crippen LogP contribution in [0.3, 0.4) is 0 Å². The molecule has 0 radical (unpaired) electrons. The third-order valence-corrected chi connectivity index (χ3v) is 7.07. The van der Waals surface area contributed by atoms with E-state index in [1.54, 1.807) is 16.8 Å². The van der Waals surface area contributed by atoms with Crippen LogP contribution in [-0.4, -0.2) is 46.9 Å². The Labute approximate surface area is 221 Å². The topological polar surface area (TPSA) is 102 Å². The summed E-state index contributed by atoms with van der Waals surface area (Å²) in [6.07, 6.45) is 4.85. The highest BCUT2D eigenvalue weighted by atomic mass is 16.5. The Bertz CT molecular complexity index is 1480. The lowest BCUT2D eigenvalue weighted by Crippen LogP contribution is -2.37. The minimum Gasteiger partial charge on any atom is -0.489 e. The van der Waals surface area contributed by atoms with Gasteiger partial charge in [0.15, 0.2) is 5.75 Å². The molecule has 38 heavy (non-hydrogen) atoms. The summed E-state index contributed by atoms with van der Waals surface area (Å²) < 4.78 is 13.5. The van der Waals surface area contributed by atoms with Crippen molar-refractivity contribution in [2.75, 3.05) is 36.9 Å². The normalized spacial score (nSPS) is 18.9. The molecule has 2 aliphatic rings. The van der Waals surface area contributed by atoms with E-state index in [1.165, 1.54) is 5.56 Å². The SMILES string of the molecule is CCOc1cc2cnc(Nc3ccc(OC4CCCNC4)cc3)nc2n(C2CNc3ccccc3C2)c1=O. The average Bonchev–Trinajstić information content (AvgIpc) is 2.95. The molecule has 2 atom stereocenters. The first-order valence-electron chi connectivity index (χ1n) is 13.3. The second-order valence-electron chi connectivity index (χ2n) is 9.72. The number of aromatic nitrogens is 3. The van der Waals surface area contributed by atoms with Gasteiger partial charge >= 0.3 is 0 Å². The van der Waals surface area contributed by atoms with Crippen LogP contribution in [0.25, 0.3) is 11.0 Å². The summed E-state index contributed by atoms with van der Waals surface area (Å²) in [6, 6.07) is 17.6. The molecule has 2 aromatic heterocycles. The summed E-state index contributed by atoms with van der Waals surface area (Å²) in [6.45, 7) is 4.83. The molecule has 9 nitrogen and oxygen atoms in total. The van der Waals surface area contributed by atoms with E-state index in [-0.39, 0.29) is 17.7 Å². The number of ether oxygens (including phenoxy) is 2. The van der Waals surface area contributed by atoms with Gasteiger partial charge in [0.1, 0.15) is 17.5 Å². The molecular formula is C29H32N6O3. The van der Waals surface area contributed by atoms with Crippen molar-refractivity contribution >= 4 is 28.4 Å². The van der Waals surface area contributed by atoms with Crippen LogP contribution >= 0.6 is 0 Å². The van der Waals surface area contributed by atoms with Crippen molar-refractivity contribution < 1.29 is 9.47 Å². The molecule has 0 spiro atoms. The average molecular weight is 513 g/mol. The number of nitrogens with zero attached hydrogens (tertiary/aromatic N) is 3. The van der Waals surface area contributed by atoms with E-state index in [1.807, 2.05) is 43.3 Å². The largest absolute Gasteiger partial charge is 0.489 e. The van der Waals surface area contributed by atoms with Gasteiger partial charge in [-0.25, -0.2) is 4.98 Å². The minimum atomic E-state index is -0.186. The zero-order valence-electron chi connectivity index (χ0n) is 21.4. The van der Waals surface area contributed by atoms with Crippen LogP contribution in [0, 0.1) is 0 Å². The van der Waals surface area contributed by atoms with E-state index < -0.39 is 0 Å². The van der Waals surface area contributed by atoms with Gasteiger partial charge in [0.25, 0.3) is 5.56 Å². The van der Waals surface area contributed by atoms with Crippen molar-refractivity contribution in [1.82, 2.24) is 19.9 Å². The van der Waals surface area contributed by atoms with Gasteiger partial charge in [0.05, 0.1) is 12.6 Å². The van der Waals surface area contributed by atoms with Crippen molar-refractivity contribution in [2.24, 2.45) is 0 Å². The summed E-state index contributed by atoms with van der Waals surface area (Å²) in [7, 11) is 0. The van der Waals surface area contributed by atoms with Crippen LogP contribution in [0.5, 0.6) is 11.5 Å². The fraction of sp³-hybridized carbons (Fsp3) is 0.345. The Morgan fingerprint density at radius 1 is 1.13 bits per heavy atom. The second kappa shape index (κ2) is 10.7. The molecule has 2 aromatic carbocycles. The van der Waals surface area contributed by atoms with Crippen molar-refractivity contribution in [3.05, 3.63) is 76.7 Å². The highest BCUT2D eigenvalue weighted by molar-refractivity contribution is 5.77. The molecule has 2 unspecified atom stereocenters. The first-order chi connectivity index (χ1) is 18.7. The third-order valence-electron chi connectivity index (χ3n) is 7.07. The quantitative estimate of drug-likeness (QED) is 0.337. The standard InChI is InChI=1S/C29H32N6O3/c1-2-37-26-15-20-16-32-29(33-21-9-11-23(12-10-21)38-24-7-5-13-30-18-24)34-27(20)35(28(26)36)22-14-19-6-3-4-8-25(19)31-17-22/h3-4,6,8-12,15-16,22,24,30-31H,2,5,7,13-14,17-18H2,1H3,(H,32,33,34). The Balaban J connectivity index is 1.29. The highest BCUT2D eigenvalue weighted by Crippen LogP contribution is 2.29. The molecule has 2 aliphatic heterocycles. The number of benzene rings is 2. The van der Waals surface area contributed by atoms with Crippen LogP contribution < -0.4 is 31.0 Å². The molecule has 0 aliphatic carbocycles. The first kappa shape index (κ1) is 24.2. The molecule has 0 saturated carbocycles. The number of piperidine rings is 1. The monoisotopic (exact) mass is 512 g/mol. The van der Waals surface area contributed by atoms with Crippen molar-refractivity contribution in [2.45, 2.75) is 38.3 Å². The lowest BCUT2D eigenvalue weighted by atomic mass is 9.99. The number of fused-ring (bicyclic) bond motifs is 2. The van der Waals surface area contributed by atoms with Crippen LogP contribution in [0.15, 0.2) is 65.6 Å². The maximum atomic E-state index is 13.6. The molecule has 1 fully saturated rings. The predicted molar refractivity (Wildman–Crippen MR) is 149 cm³/mol. The number of para-hydroxylation sites is 1. The van der Waals surface area contributed by atoms with Gasteiger partial charge in [-0.05, 0) is 74.7 Å². The fourth-order valence-corrected chi connectivity index (χ4v) is 5.22. The first-order valence-corrected chi connectivity index (χ1v) is 13.3.